The number of nitrogens with zero attached hydrogens (tertiary/aromatic N) is 4. The van der Waals surface area contributed by atoms with Crippen molar-refractivity contribution in [2.45, 2.75) is 19.8 Å². The first-order chi connectivity index (χ1) is 9.20. The average molecular weight is 250 g/mol. The maximum Gasteiger partial charge on any atom is 0.176 e. The van der Waals surface area contributed by atoms with Gasteiger partial charge in [-0.1, -0.05) is 36.5 Å². The average Bonchev–Trinajstić information content (AvgIpc) is 2.45. The van der Waals surface area contributed by atoms with Crippen LogP contribution in [0.4, 0.5) is 0 Å². The van der Waals surface area contributed by atoms with E-state index in [0.717, 1.165) is 0 Å². The first kappa shape index (κ1) is 16.2. The Labute approximate surface area is 113 Å². The molecule has 0 saturated carbocycles. The number of hydrogen-bond acceptors (Lipinski definition) is 4. The van der Waals surface area contributed by atoms with Crippen LogP contribution in [0.5, 0.6) is 0 Å². The van der Waals surface area contributed by atoms with Gasteiger partial charge in [-0.2, -0.15) is 21.0 Å². The van der Waals surface area contributed by atoms with Gasteiger partial charge in [0.1, 0.15) is 0 Å². The van der Waals surface area contributed by atoms with Gasteiger partial charge >= 0.3 is 0 Å². The summed E-state index contributed by atoms with van der Waals surface area (Å²) < 4.78 is 0. The second-order valence-electron chi connectivity index (χ2n) is 3.75. The van der Waals surface area contributed by atoms with E-state index in [1.165, 1.54) is 0 Å². The normalized spacial score (nSPS) is 11.5. The fraction of sp³-hybridized carbons (Fsp3) is 0.333. The van der Waals surface area contributed by atoms with Gasteiger partial charge < -0.3 is 0 Å². The van der Waals surface area contributed by atoms with Crippen molar-refractivity contribution in [1.82, 2.24) is 0 Å². The van der Waals surface area contributed by atoms with E-state index in [2.05, 4.69) is 0 Å². The predicted octanol–water partition coefficient (Wildman–Crippen LogP) is 3.15. The summed E-state index contributed by atoms with van der Waals surface area (Å²) in [5.41, 5.74) is -1.59. The van der Waals surface area contributed by atoms with Crippen LogP contribution in [0.3, 0.4) is 0 Å². The van der Waals surface area contributed by atoms with Crippen LogP contribution in [-0.4, -0.2) is 0 Å². The molecule has 0 rings (SSSR count). The predicted molar refractivity (Wildman–Crippen MR) is 70.7 cm³/mol. The highest BCUT2D eigenvalue weighted by Crippen LogP contribution is 2.30. The highest BCUT2D eigenvalue weighted by molar-refractivity contribution is 5.27. The van der Waals surface area contributed by atoms with E-state index >= 15 is 0 Å². The number of rotatable bonds is 6. The van der Waals surface area contributed by atoms with Gasteiger partial charge in [0, 0.05) is 0 Å². The third-order valence-corrected chi connectivity index (χ3v) is 2.47. The summed E-state index contributed by atoms with van der Waals surface area (Å²) in [5, 5.41) is 35.7. The first-order valence-electron chi connectivity index (χ1n) is 5.75. The number of nitriles is 4. The van der Waals surface area contributed by atoms with Crippen LogP contribution in [0.15, 0.2) is 36.5 Å². The van der Waals surface area contributed by atoms with Crippen molar-refractivity contribution >= 4 is 0 Å². The zero-order valence-corrected chi connectivity index (χ0v) is 10.7. The summed E-state index contributed by atoms with van der Waals surface area (Å²) >= 11 is 0. The molecule has 0 aliphatic rings. The smallest absolute Gasteiger partial charge is 0.176 e. The highest BCUT2D eigenvalue weighted by atomic mass is 14.5. The Kier molecular flexibility index (Phi) is 7.86. The quantitative estimate of drug-likeness (QED) is 0.534. The fourth-order valence-corrected chi connectivity index (χ4v) is 1.32. The standard InChI is InChI=1S/C15H14N4/c1-2-3-4-5-6-7-8-9-15(12-18,13-19)14(10-16)11-17/h2-5,7-8,14H,6,9H2,1H3. The molecule has 0 aliphatic carbocycles. The molecule has 0 radical (unpaired) electrons. The summed E-state index contributed by atoms with van der Waals surface area (Å²) in [6, 6.07) is 6.98. The minimum atomic E-state index is -1.59. The van der Waals surface area contributed by atoms with Crippen molar-refractivity contribution in [1.29, 1.82) is 21.0 Å². The molecule has 0 heterocycles. The minimum Gasteiger partial charge on any atom is -0.197 e. The zero-order chi connectivity index (χ0) is 14.6. The SMILES string of the molecule is CC=CC=CCC=CCC(C#N)(C#N)C(C#N)C#N. The largest absolute Gasteiger partial charge is 0.197 e. The molecule has 19 heavy (non-hydrogen) atoms. The van der Waals surface area contributed by atoms with Crippen molar-refractivity contribution < 1.29 is 0 Å². The Balaban J connectivity index is 4.70. The maximum atomic E-state index is 9.05. The summed E-state index contributed by atoms with van der Waals surface area (Å²) in [5.74, 6) is -1.24. The van der Waals surface area contributed by atoms with E-state index in [0.29, 0.717) is 6.42 Å². The van der Waals surface area contributed by atoms with E-state index in [4.69, 9.17) is 21.0 Å². The Morgan fingerprint density at radius 2 is 1.58 bits per heavy atom. The van der Waals surface area contributed by atoms with Gasteiger partial charge in [0.25, 0.3) is 0 Å². The molecule has 0 N–H and O–H groups in total. The topological polar surface area (TPSA) is 95.2 Å². The Morgan fingerprint density at radius 3 is 2.05 bits per heavy atom. The molecule has 0 amide bonds. The molecule has 0 aromatic carbocycles. The van der Waals surface area contributed by atoms with E-state index in [-0.39, 0.29) is 6.42 Å². The lowest BCUT2D eigenvalue weighted by molar-refractivity contribution is 0.463. The van der Waals surface area contributed by atoms with Gasteiger partial charge in [0.05, 0.1) is 24.3 Å². The maximum absolute atomic E-state index is 9.05. The van der Waals surface area contributed by atoms with Crippen LogP contribution in [0.2, 0.25) is 0 Å². The molecular weight excluding hydrogens is 236 g/mol. The van der Waals surface area contributed by atoms with Crippen LogP contribution < -0.4 is 0 Å². The number of allylic oxidation sites excluding steroid dienone is 6. The van der Waals surface area contributed by atoms with Gasteiger partial charge in [-0.05, 0) is 19.8 Å². The molecule has 0 bridgehead atoms. The second kappa shape index (κ2) is 9.23. The Morgan fingerprint density at radius 1 is 0.947 bits per heavy atom. The molecule has 0 saturated heterocycles. The van der Waals surface area contributed by atoms with E-state index in [9.17, 15) is 0 Å². The zero-order valence-electron chi connectivity index (χ0n) is 10.7. The summed E-state index contributed by atoms with van der Waals surface area (Å²) in [4.78, 5) is 0. The molecule has 0 aromatic heterocycles. The molecule has 0 aromatic rings. The van der Waals surface area contributed by atoms with E-state index in [1.807, 2.05) is 31.2 Å². The lowest BCUT2D eigenvalue weighted by Gasteiger charge is -2.16. The minimum absolute atomic E-state index is 0.0727. The van der Waals surface area contributed by atoms with Crippen LogP contribution >= 0.6 is 0 Å². The third-order valence-electron chi connectivity index (χ3n) is 2.47. The Bertz CT molecular complexity index is 498. The highest BCUT2D eigenvalue weighted by Gasteiger charge is 2.39. The molecule has 0 unspecified atom stereocenters. The molecule has 0 atom stereocenters. The van der Waals surface area contributed by atoms with E-state index in [1.54, 1.807) is 36.4 Å². The molecule has 4 nitrogen and oxygen atoms in total. The van der Waals surface area contributed by atoms with Gasteiger partial charge in [-0.15, -0.1) is 0 Å². The Hall–Kier alpha value is -2.82. The first-order valence-corrected chi connectivity index (χ1v) is 5.75. The van der Waals surface area contributed by atoms with Crippen molar-refractivity contribution in [2.75, 3.05) is 0 Å². The van der Waals surface area contributed by atoms with Crippen molar-refractivity contribution in [3.63, 3.8) is 0 Å². The summed E-state index contributed by atoms with van der Waals surface area (Å²) in [6.45, 7) is 1.91. The van der Waals surface area contributed by atoms with Gasteiger partial charge in [-0.25, -0.2) is 0 Å². The van der Waals surface area contributed by atoms with Gasteiger partial charge in [0.15, 0.2) is 11.3 Å². The molecule has 0 spiro atoms. The molecule has 4 heteroatoms. The van der Waals surface area contributed by atoms with Crippen LogP contribution in [0.25, 0.3) is 0 Å². The molecule has 0 fully saturated rings. The molecule has 94 valence electrons. The molecular formula is C15H14N4. The lowest BCUT2D eigenvalue weighted by Crippen LogP contribution is -2.24. The van der Waals surface area contributed by atoms with Crippen molar-refractivity contribution in [3.8, 4) is 24.3 Å². The summed E-state index contributed by atoms with van der Waals surface area (Å²) in [7, 11) is 0. The fourth-order valence-electron chi connectivity index (χ4n) is 1.32. The monoisotopic (exact) mass is 250 g/mol. The summed E-state index contributed by atoms with van der Waals surface area (Å²) in [6.07, 6.45) is 11.8. The second-order valence-corrected chi connectivity index (χ2v) is 3.75. The van der Waals surface area contributed by atoms with Crippen molar-refractivity contribution in [3.05, 3.63) is 36.5 Å². The van der Waals surface area contributed by atoms with Crippen LogP contribution in [0, 0.1) is 56.7 Å². The van der Waals surface area contributed by atoms with E-state index < -0.39 is 11.3 Å². The van der Waals surface area contributed by atoms with Gasteiger partial charge in [-0.3, -0.25) is 0 Å². The third kappa shape index (κ3) is 4.91. The van der Waals surface area contributed by atoms with Crippen LogP contribution in [0.1, 0.15) is 19.8 Å². The van der Waals surface area contributed by atoms with Crippen LogP contribution in [-0.2, 0) is 0 Å². The lowest BCUT2D eigenvalue weighted by atomic mass is 9.76. The molecule has 0 aliphatic heterocycles. The number of hydrogen-bond donors (Lipinski definition) is 0. The van der Waals surface area contributed by atoms with Gasteiger partial charge in [0.2, 0.25) is 0 Å². The van der Waals surface area contributed by atoms with Crippen molar-refractivity contribution in [2.24, 2.45) is 11.3 Å².